The predicted molar refractivity (Wildman–Crippen MR) is 58.4 cm³/mol. The molecule has 3 rings (SSSR count). The number of aromatic amines is 1. The molecule has 1 aromatic heterocycles. The van der Waals surface area contributed by atoms with E-state index in [1.807, 2.05) is 6.07 Å². The van der Waals surface area contributed by atoms with Gasteiger partial charge in [-0.2, -0.15) is 4.98 Å². The van der Waals surface area contributed by atoms with Gasteiger partial charge in [0, 0.05) is 17.8 Å². The number of aromatic nitrogens is 3. The molecule has 4 N–H and O–H groups in total. The van der Waals surface area contributed by atoms with Gasteiger partial charge in [-0.05, 0) is 30.2 Å². The van der Waals surface area contributed by atoms with Crippen molar-refractivity contribution < 1.29 is 0 Å². The van der Waals surface area contributed by atoms with Crippen LogP contribution in [0.3, 0.4) is 0 Å². The molecule has 5 heteroatoms. The van der Waals surface area contributed by atoms with Crippen LogP contribution in [-0.2, 0) is 6.42 Å². The summed E-state index contributed by atoms with van der Waals surface area (Å²) in [4.78, 5) is 4.10. The third-order valence-corrected chi connectivity index (χ3v) is 2.59. The quantitative estimate of drug-likeness (QED) is 0.643. The van der Waals surface area contributed by atoms with Gasteiger partial charge in [0.25, 0.3) is 0 Å². The number of rotatable bonds is 1. The summed E-state index contributed by atoms with van der Waals surface area (Å²) in [6.45, 7) is 1.01. The first-order valence-corrected chi connectivity index (χ1v) is 4.88. The number of hydrogen-bond donors (Lipinski definition) is 3. The Hall–Kier alpha value is -2.04. The number of H-pyrrole nitrogens is 1. The topological polar surface area (TPSA) is 79.6 Å². The zero-order chi connectivity index (χ0) is 10.3. The van der Waals surface area contributed by atoms with Crippen LogP contribution in [0.25, 0.3) is 11.4 Å². The van der Waals surface area contributed by atoms with Crippen LogP contribution in [0.2, 0.25) is 0 Å². The van der Waals surface area contributed by atoms with E-state index in [1.54, 1.807) is 0 Å². The molecule has 0 saturated heterocycles. The first-order chi connectivity index (χ1) is 7.33. The first kappa shape index (κ1) is 8.28. The highest BCUT2D eigenvalue weighted by atomic mass is 15.3. The molecule has 1 aliphatic rings. The maximum Gasteiger partial charge on any atom is 0.239 e. The van der Waals surface area contributed by atoms with E-state index in [4.69, 9.17) is 5.73 Å². The van der Waals surface area contributed by atoms with Crippen LogP contribution in [0, 0.1) is 0 Å². The van der Waals surface area contributed by atoms with E-state index in [-0.39, 0.29) is 5.95 Å². The van der Waals surface area contributed by atoms with Crippen LogP contribution in [-0.4, -0.2) is 21.7 Å². The van der Waals surface area contributed by atoms with Gasteiger partial charge in [0.1, 0.15) is 0 Å². The molecule has 5 nitrogen and oxygen atoms in total. The van der Waals surface area contributed by atoms with Gasteiger partial charge < -0.3 is 11.1 Å². The number of nitrogens with two attached hydrogens (primary N) is 1. The van der Waals surface area contributed by atoms with Crippen molar-refractivity contribution in [3.8, 4) is 11.4 Å². The van der Waals surface area contributed by atoms with Crippen molar-refractivity contribution in [2.24, 2.45) is 0 Å². The van der Waals surface area contributed by atoms with E-state index in [1.165, 1.54) is 11.3 Å². The van der Waals surface area contributed by atoms with E-state index in [9.17, 15) is 0 Å². The van der Waals surface area contributed by atoms with Crippen molar-refractivity contribution in [3.63, 3.8) is 0 Å². The van der Waals surface area contributed by atoms with Crippen molar-refractivity contribution in [2.45, 2.75) is 6.42 Å². The zero-order valence-corrected chi connectivity index (χ0v) is 8.12. The minimum Gasteiger partial charge on any atom is -0.384 e. The van der Waals surface area contributed by atoms with Gasteiger partial charge >= 0.3 is 0 Å². The van der Waals surface area contributed by atoms with Gasteiger partial charge in [0.2, 0.25) is 5.95 Å². The smallest absolute Gasteiger partial charge is 0.239 e. The summed E-state index contributed by atoms with van der Waals surface area (Å²) in [7, 11) is 0. The van der Waals surface area contributed by atoms with Crippen LogP contribution < -0.4 is 11.1 Å². The summed E-state index contributed by atoms with van der Waals surface area (Å²) in [6, 6.07) is 6.20. The molecule has 0 atom stereocenters. The summed E-state index contributed by atoms with van der Waals surface area (Å²) in [5, 5.41) is 9.93. The molecule has 0 bridgehead atoms. The van der Waals surface area contributed by atoms with Crippen LogP contribution in [0.4, 0.5) is 11.6 Å². The molecule has 1 aliphatic heterocycles. The first-order valence-electron chi connectivity index (χ1n) is 4.88. The molecule has 0 radical (unpaired) electrons. The Morgan fingerprint density at radius 2 is 2.27 bits per heavy atom. The van der Waals surface area contributed by atoms with Crippen molar-refractivity contribution >= 4 is 11.6 Å². The third kappa shape index (κ3) is 1.32. The molecule has 2 aromatic rings. The molecular formula is C10H11N5. The Labute approximate surface area is 86.7 Å². The standard InChI is InChI=1S/C10H11N5/c11-10-13-9(14-15-10)7-1-2-8-6(5-7)3-4-12-8/h1-2,5,12H,3-4H2,(H3,11,13,14,15). The average molecular weight is 201 g/mol. The summed E-state index contributed by atoms with van der Waals surface area (Å²) < 4.78 is 0. The number of nitrogens with one attached hydrogen (secondary N) is 2. The Morgan fingerprint density at radius 1 is 1.33 bits per heavy atom. The van der Waals surface area contributed by atoms with Crippen LogP contribution in [0.15, 0.2) is 18.2 Å². The third-order valence-electron chi connectivity index (χ3n) is 2.59. The fourth-order valence-electron chi connectivity index (χ4n) is 1.86. The van der Waals surface area contributed by atoms with Crippen LogP contribution in [0.1, 0.15) is 5.56 Å². The normalized spacial score (nSPS) is 13.6. The van der Waals surface area contributed by atoms with Gasteiger partial charge in [0.15, 0.2) is 5.82 Å². The second-order valence-electron chi connectivity index (χ2n) is 3.59. The molecule has 0 fully saturated rings. The largest absolute Gasteiger partial charge is 0.384 e. The zero-order valence-electron chi connectivity index (χ0n) is 8.12. The Bertz CT molecular complexity index is 502. The molecular weight excluding hydrogens is 190 g/mol. The Kier molecular flexibility index (Phi) is 1.65. The van der Waals surface area contributed by atoms with E-state index >= 15 is 0 Å². The lowest BCUT2D eigenvalue weighted by atomic mass is 10.1. The number of nitrogen functional groups attached to an aromatic ring is 1. The van der Waals surface area contributed by atoms with Crippen molar-refractivity contribution in [3.05, 3.63) is 23.8 Å². The van der Waals surface area contributed by atoms with Gasteiger partial charge in [-0.3, -0.25) is 5.10 Å². The minimum atomic E-state index is 0.281. The number of nitrogens with zero attached hydrogens (tertiary/aromatic N) is 2. The fourth-order valence-corrected chi connectivity index (χ4v) is 1.86. The number of benzene rings is 1. The highest BCUT2D eigenvalue weighted by Gasteiger charge is 2.11. The lowest BCUT2D eigenvalue weighted by Gasteiger charge is -2.01. The fraction of sp³-hybridized carbons (Fsp3) is 0.200. The number of anilines is 2. The lowest BCUT2D eigenvalue weighted by molar-refractivity contribution is 1.09. The molecule has 0 unspecified atom stereocenters. The van der Waals surface area contributed by atoms with E-state index in [2.05, 4.69) is 32.6 Å². The summed E-state index contributed by atoms with van der Waals surface area (Å²) in [6.07, 6.45) is 1.06. The van der Waals surface area contributed by atoms with Gasteiger partial charge in [-0.15, -0.1) is 5.10 Å². The highest BCUT2D eigenvalue weighted by Crippen LogP contribution is 2.26. The SMILES string of the molecule is Nc1n[nH]c(-c2ccc3c(c2)CCN3)n1. The number of hydrogen-bond acceptors (Lipinski definition) is 4. The second-order valence-corrected chi connectivity index (χ2v) is 3.59. The second kappa shape index (κ2) is 2.98. The highest BCUT2D eigenvalue weighted by molar-refractivity contribution is 5.66. The minimum absolute atomic E-state index is 0.281. The molecule has 0 saturated carbocycles. The summed E-state index contributed by atoms with van der Waals surface area (Å²) in [5.74, 6) is 1.01. The molecule has 1 aromatic carbocycles. The molecule has 15 heavy (non-hydrogen) atoms. The summed E-state index contributed by atoms with van der Waals surface area (Å²) in [5.41, 5.74) is 9.03. The van der Waals surface area contributed by atoms with Crippen LogP contribution >= 0.6 is 0 Å². The van der Waals surface area contributed by atoms with E-state index in [0.717, 1.165) is 24.4 Å². The van der Waals surface area contributed by atoms with Gasteiger partial charge in [0.05, 0.1) is 0 Å². The van der Waals surface area contributed by atoms with Crippen molar-refractivity contribution in [2.75, 3.05) is 17.6 Å². The number of fused-ring (bicyclic) bond motifs is 1. The average Bonchev–Trinajstić information content (AvgIpc) is 2.84. The molecule has 0 amide bonds. The van der Waals surface area contributed by atoms with Crippen molar-refractivity contribution in [1.29, 1.82) is 0 Å². The maximum atomic E-state index is 5.46. The molecule has 0 spiro atoms. The maximum absolute atomic E-state index is 5.46. The molecule has 76 valence electrons. The van der Waals surface area contributed by atoms with Crippen LogP contribution in [0.5, 0.6) is 0 Å². The van der Waals surface area contributed by atoms with Crippen molar-refractivity contribution in [1.82, 2.24) is 15.2 Å². The van der Waals surface area contributed by atoms with Gasteiger partial charge in [-0.1, -0.05) is 0 Å². The van der Waals surface area contributed by atoms with Gasteiger partial charge in [-0.25, -0.2) is 0 Å². The Balaban J connectivity index is 2.06. The van der Waals surface area contributed by atoms with E-state index in [0.29, 0.717) is 0 Å². The molecule has 0 aliphatic carbocycles. The predicted octanol–water partition coefficient (Wildman–Crippen LogP) is 1.02. The monoisotopic (exact) mass is 201 g/mol. The lowest BCUT2D eigenvalue weighted by Crippen LogP contribution is -1.90. The Morgan fingerprint density at radius 3 is 3.07 bits per heavy atom. The molecule has 2 heterocycles. The summed E-state index contributed by atoms with van der Waals surface area (Å²) >= 11 is 0. The van der Waals surface area contributed by atoms with E-state index < -0.39 is 0 Å².